The molecule has 0 radical (unpaired) electrons. The van der Waals surface area contributed by atoms with Crippen molar-refractivity contribution in [3.63, 3.8) is 0 Å². The number of aromatic nitrogens is 2. The molecule has 2 aliphatic rings. The fourth-order valence-electron chi connectivity index (χ4n) is 2.68. The highest BCUT2D eigenvalue weighted by molar-refractivity contribution is 5.36. The molecule has 2 saturated heterocycles. The van der Waals surface area contributed by atoms with E-state index in [2.05, 4.69) is 4.98 Å². The monoisotopic (exact) mass is 313 g/mol. The molecule has 3 heterocycles. The zero-order valence-corrected chi connectivity index (χ0v) is 11.9. The number of hydrogen-bond donors (Lipinski definition) is 3. The van der Waals surface area contributed by atoms with Crippen molar-refractivity contribution in [3.05, 3.63) is 22.7 Å². The van der Waals surface area contributed by atoms with Crippen molar-refractivity contribution in [1.82, 2.24) is 9.55 Å². The Labute approximate surface area is 126 Å². The average Bonchev–Trinajstić information content (AvgIpc) is 2.83. The second-order valence-corrected chi connectivity index (χ2v) is 5.30. The SMILES string of the molecule is O=c1nc(N2CCOCC2)ccn1[C@@H]1O[C@H](CO)[C@@H](O)[C@@H]1O. The van der Waals surface area contributed by atoms with Gasteiger partial charge in [0.25, 0.3) is 0 Å². The van der Waals surface area contributed by atoms with Crippen LogP contribution in [0.2, 0.25) is 0 Å². The third-order valence-corrected chi connectivity index (χ3v) is 3.94. The summed E-state index contributed by atoms with van der Waals surface area (Å²) in [6.07, 6.45) is -3.07. The van der Waals surface area contributed by atoms with E-state index in [1.165, 1.54) is 6.20 Å². The molecule has 0 bridgehead atoms. The molecule has 9 heteroatoms. The normalized spacial score (nSPS) is 32.4. The van der Waals surface area contributed by atoms with Gasteiger partial charge in [0.15, 0.2) is 6.23 Å². The topological polar surface area (TPSA) is 117 Å². The van der Waals surface area contributed by atoms with Gasteiger partial charge in [-0.05, 0) is 6.07 Å². The second-order valence-electron chi connectivity index (χ2n) is 5.30. The molecule has 3 rings (SSSR count). The number of hydrogen-bond acceptors (Lipinski definition) is 8. The van der Waals surface area contributed by atoms with E-state index in [0.717, 1.165) is 4.57 Å². The van der Waals surface area contributed by atoms with Gasteiger partial charge < -0.3 is 29.7 Å². The number of anilines is 1. The zero-order chi connectivity index (χ0) is 15.7. The molecule has 1 aromatic heterocycles. The number of rotatable bonds is 3. The fourth-order valence-corrected chi connectivity index (χ4v) is 2.68. The summed E-state index contributed by atoms with van der Waals surface area (Å²) in [5, 5.41) is 28.8. The lowest BCUT2D eigenvalue weighted by Crippen LogP contribution is -2.40. The van der Waals surface area contributed by atoms with Crippen molar-refractivity contribution >= 4 is 5.82 Å². The van der Waals surface area contributed by atoms with Gasteiger partial charge >= 0.3 is 5.69 Å². The van der Waals surface area contributed by atoms with Gasteiger partial charge in [-0.3, -0.25) is 4.57 Å². The predicted molar refractivity (Wildman–Crippen MR) is 74.5 cm³/mol. The highest BCUT2D eigenvalue weighted by Crippen LogP contribution is 2.28. The Morgan fingerprint density at radius 2 is 2.00 bits per heavy atom. The third kappa shape index (κ3) is 2.73. The Hall–Kier alpha value is -1.52. The minimum absolute atomic E-state index is 0.442. The molecule has 122 valence electrons. The lowest BCUT2D eigenvalue weighted by Gasteiger charge is -2.28. The summed E-state index contributed by atoms with van der Waals surface area (Å²) in [5.41, 5.74) is -0.584. The van der Waals surface area contributed by atoms with Crippen LogP contribution in [-0.4, -0.2) is 76.1 Å². The lowest BCUT2D eigenvalue weighted by atomic mass is 10.1. The van der Waals surface area contributed by atoms with Crippen LogP contribution in [0.25, 0.3) is 0 Å². The van der Waals surface area contributed by atoms with E-state index in [-0.39, 0.29) is 0 Å². The highest BCUT2D eigenvalue weighted by atomic mass is 16.6. The maximum absolute atomic E-state index is 12.2. The molecule has 2 fully saturated rings. The van der Waals surface area contributed by atoms with Crippen molar-refractivity contribution in [2.75, 3.05) is 37.8 Å². The molecule has 0 unspecified atom stereocenters. The van der Waals surface area contributed by atoms with Crippen LogP contribution in [-0.2, 0) is 9.47 Å². The standard InChI is InChI=1S/C13H19N3O6/c17-7-8-10(18)11(19)12(22-8)16-2-1-9(14-13(16)20)15-3-5-21-6-4-15/h1-2,8,10-12,17-19H,3-7H2/t8-,10-,11+,12-/m1/s1. The number of aliphatic hydroxyl groups is 3. The summed E-state index contributed by atoms with van der Waals surface area (Å²) in [6.45, 7) is 2.04. The molecule has 0 amide bonds. The van der Waals surface area contributed by atoms with Gasteiger partial charge in [-0.2, -0.15) is 4.98 Å². The Morgan fingerprint density at radius 1 is 1.27 bits per heavy atom. The first-order valence-electron chi connectivity index (χ1n) is 7.16. The molecule has 0 aromatic carbocycles. The van der Waals surface area contributed by atoms with Gasteiger partial charge in [-0.25, -0.2) is 4.79 Å². The quantitative estimate of drug-likeness (QED) is 0.570. The minimum Gasteiger partial charge on any atom is -0.394 e. The number of morpholine rings is 1. The lowest BCUT2D eigenvalue weighted by molar-refractivity contribution is -0.0549. The van der Waals surface area contributed by atoms with Gasteiger partial charge in [0.05, 0.1) is 19.8 Å². The van der Waals surface area contributed by atoms with Crippen LogP contribution in [0.15, 0.2) is 17.1 Å². The average molecular weight is 313 g/mol. The first-order valence-corrected chi connectivity index (χ1v) is 7.16. The van der Waals surface area contributed by atoms with Gasteiger partial charge in [0.2, 0.25) is 0 Å². The summed E-state index contributed by atoms with van der Waals surface area (Å²) >= 11 is 0. The first-order chi connectivity index (χ1) is 10.6. The number of ether oxygens (including phenoxy) is 2. The maximum Gasteiger partial charge on any atom is 0.351 e. The molecule has 2 aliphatic heterocycles. The van der Waals surface area contributed by atoms with Crippen LogP contribution < -0.4 is 10.6 Å². The fraction of sp³-hybridized carbons (Fsp3) is 0.692. The van der Waals surface area contributed by atoms with Crippen molar-refractivity contribution in [2.24, 2.45) is 0 Å². The molecule has 0 spiro atoms. The molecular formula is C13H19N3O6. The molecule has 3 N–H and O–H groups in total. The summed E-state index contributed by atoms with van der Waals surface area (Å²) in [4.78, 5) is 18.1. The molecular weight excluding hydrogens is 294 g/mol. The maximum atomic E-state index is 12.2. The van der Waals surface area contributed by atoms with Gasteiger partial charge in [0, 0.05) is 19.3 Å². The van der Waals surface area contributed by atoms with Crippen LogP contribution in [0, 0.1) is 0 Å². The Morgan fingerprint density at radius 3 is 2.59 bits per heavy atom. The summed E-state index contributed by atoms with van der Waals surface area (Å²) in [5.74, 6) is 0.538. The van der Waals surface area contributed by atoms with Crippen LogP contribution in [0.1, 0.15) is 6.23 Å². The number of aliphatic hydroxyl groups excluding tert-OH is 3. The van der Waals surface area contributed by atoms with Crippen LogP contribution >= 0.6 is 0 Å². The van der Waals surface area contributed by atoms with Gasteiger partial charge in [-0.1, -0.05) is 0 Å². The molecule has 9 nitrogen and oxygen atoms in total. The van der Waals surface area contributed by atoms with E-state index in [1.54, 1.807) is 6.07 Å². The number of nitrogens with zero attached hydrogens (tertiary/aromatic N) is 3. The molecule has 0 saturated carbocycles. The van der Waals surface area contributed by atoms with E-state index >= 15 is 0 Å². The van der Waals surface area contributed by atoms with E-state index < -0.39 is 36.8 Å². The van der Waals surface area contributed by atoms with Crippen LogP contribution in [0.5, 0.6) is 0 Å². The molecule has 4 atom stereocenters. The molecule has 22 heavy (non-hydrogen) atoms. The largest absolute Gasteiger partial charge is 0.394 e. The second kappa shape index (κ2) is 6.31. The molecule has 1 aromatic rings. The van der Waals surface area contributed by atoms with Crippen molar-refractivity contribution in [2.45, 2.75) is 24.5 Å². The zero-order valence-electron chi connectivity index (χ0n) is 11.9. The third-order valence-electron chi connectivity index (χ3n) is 3.94. The molecule has 0 aliphatic carbocycles. The van der Waals surface area contributed by atoms with Crippen molar-refractivity contribution < 1.29 is 24.8 Å². The Kier molecular flexibility index (Phi) is 4.41. The van der Waals surface area contributed by atoms with Crippen molar-refractivity contribution in [1.29, 1.82) is 0 Å². The highest BCUT2D eigenvalue weighted by Gasteiger charge is 2.43. The van der Waals surface area contributed by atoms with Gasteiger partial charge in [-0.15, -0.1) is 0 Å². The van der Waals surface area contributed by atoms with E-state index in [9.17, 15) is 15.0 Å². The van der Waals surface area contributed by atoms with E-state index in [4.69, 9.17) is 14.6 Å². The first kappa shape index (κ1) is 15.4. The predicted octanol–water partition coefficient (Wildman–Crippen LogP) is -2.31. The van der Waals surface area contributed by atoms with E-state index in [0.29, 0.717) is 32.1 Å². The van der Waals surface area contributed by atoms with Gasteiger partial charge in [0.1, 0.15) is 24.1 Å². The summed E-state index contributed by atoms with van der Waals surface area (Å²) in [6, 6.07) is 1.65. The van der Waals surface area contributed by atoms with Crippen LogP contribution in [0.3, 0.4) is 0 Å². The Bertz CT molecular complexity index is 573. The van der Waals surface area contributed by atoms with Crippen molar-refractivity contribution in [3.8, 4) is 0 Å². The smallest absolute Gasteiger partial charge is 0.351 e. The summed E-state index contributed by atoms with van der Waals surface area (Å²) in [7, 11) is 0. The van der Waals surface area contributed by atoms with E-state index in [1.807, 2.05) is 4.90 Å². The Balaban J connectivity index is 1.82. The van der Waals surface area contributed by atoms with Crippen LogP contribution in [0.4, 0.5) is 5.82 Å². The summed E-state index contributed by atoms with van der Waals surface area (Å²) < 4.78 is 11.7. The minimum atomic E-state index is -1.30.